The van der Waals surface area contributed by atoms with Gasteiger partial charge in [0, 0.05) is 6.61 Å². The molecule has 2 saturated heterocycles. The molecular weight excluding hydrogens is 508 g/mol. The summed E-state index contributed by atoms with van der Waals surface area (Å²) in [5.41, 5.74) is 2.26. The monoisotopic (exact) mass is 536 g/mol. The lowest BCUT2D eigenvalue weighted by Crippen LogP contribution is -2.33. The molecule has 5 heterocycles. The Morgan fingerprint density at radius 3 is 2.74 bits per heavy atom. The van der Waals surface area contributed by atoms with E-state index in [1.165, 1.54) is 20.5 Å². The van der Waals surface area contributed by atoms with E-state index >= 15 is 0 Å². The van der Waals surface area contributed by atoms with Gasteiger partial charge in [0.25, 0.3) is 5.95 Å². The van der Waals surface area contributed by atoms with Crippen molar-refractivity contribution < 1.29 is 29.6 Å². The van der Waals surface area contributed by atoms with Gasteiger partial charge in [-0.3, -0.25) is 9.36 Å². The molecule has 5 atom stereocenters. The molecule has 14 nitrogen and oxygen atoms in total. The van der Waals surface area contributed by atoms with E-state index in [2.05, 4.69) is 25.4 Å². The fourth-order valence-corrected chi connectivity index (χ4v) is 4.79. The summed E-state index contributed by atoms with van der Waals surface area (Å²) in [6.07, 6.45) is 1.59. The van der Waals surface area contributed by atoms with E-state index in [0.717, 1.165) is 18.4 Å². The van der Waals surface area contributed by atoms with Crippen LogP contribution in [0.25, 0.3) is 17.1 Å². The first-order valence-corrected chi connectivity index (χ1v) is 12.6. The zero-order valence-electron chi connectivity index (χ0n) is 20.8. The summed E-state index contributed by atoms with van der Waals surface area (Å²) in [7, 11) is 0. The van der Waals surface area contributed by atoms with Gasteiger partial charge < -0.3 is 35.0 Å². The van der Waals surface area contributed by atoms with Crippen molar-refractivity contribution in [2.24, 2.45) is 0 Å². The number of imidazole rings is 1. The largest absolute Gasteiger partial charge is 0.394 e. The van der Waals surface area contributed by atoms with Crippen LogP contribution in [-0.2, 0) is 20.8 Å². The molecule has 39 heavy (non-hydrogen) atoms. The Morgan fingerprint density at radius 1 is 1.18 bits per heavy atom. The molecule has 1 aromatic carbocycles. The summed E-state index contributed by atoms with van der Waals surface area (Å²) >= 11 is 0. The number of fused-ring (bicyclic) bond motifs is 1. The maximum absolute atomic E-state index is 11.9. The Kier molecular flexibility index (Phi) is 6.93. The molecule has 1 amide bonds. The number of anilines is 2. The van der Waals surface area contributed by atoms with Crippen LogP contribution in [0.3, 0.4) is 0 Å². The van der Waals surface area contributed by atoms with Crippen molar-refractivity contribution in [2.45, 2.75) is 43.5 Å². The average molecular weight is 537 g/mol. The van der Waals surface area contributed by atoms with Gasteiger partial charge in [-0.25, -0.2) is 9.67 Å². The predicted octanol–water partition coefficient (Wildman–Crippen LogP) is -0.0127. The second kappa shape index (κ2) is 10.7. The first kappa shape index (κ1) is 25.3. The Morgan fingerprint density at radius 2 is 2.03 bits per heavy atom. The van der Waals surface area contributed by atoms with E-state index in [1.807, 2.05) is 30.3 Å². The van der Waals surface area contributed by atoms with E-state index in [9.17, 15) is 20.1 Å². The highest BCUT2D eigenvalue weighted by Gasteiger charge is 2.44. The minimum Gasteiger partial charge on any atom is -0.394 e. The number of aromatic nitrogens is 6. The SMILES string of the molecule is O=CN(Cc1ccccc1)c1cnn(-c2nc(N[C@@H]3CCOC3)c3ncn([C@@H]4O[C@H](CO)[C@@H](O)[C@H]4O)c3n2)c1. The van der Waals surface area contributed by atoms with Crippen molar-refractivity contribution >= 4 is 29.1 Å². The Labute approximate surface area is 222 Å². The lowest BCUT2D eigenvalue weighted by molar-refractivity contribution is -0.107. The van der Waals surface area contributed by atoms with Crippen LogP contribution in [0.15, 0.2) is 49.1 Å². The molecule has 0 radical (unpaired) electrons. The third-order valence-corrected chi connectivity index (χ3v) is 6.90. The van der Waals surface area contributed by atoms with Crippen LogP contribution in [0.4, 0.5) is 11.5 Å². The Hall–Kier alpha value is -3.95. The van der Waals surface area contributed by atoms with E-state index in [-0.39, 0.29) is 12.0 Å². The van der Waals surface area contributed by atoms with Gasteiger partial charge in [0.05, 0.1) is 50.2 Å². The zero-order valence-corrected chi connectivity index (χ0v) is 20.8. The van der Waals surface area contributed by atoms with Gasteiger partial charge in [-0.15, -0.1) is 0 Å². The number of carbonyl (C=O) groups excluding carboxylic acids is 1. The van der Waals surface area contributed by atoms with Gasteiger partial charge in [-0.05, 0) is 12.0 Å². The van der Waals surface area contributed by atoms with Crippen LogP contribution in [0, 0.1) is 0 Å². The van der Waals surface area contributed by atoms with Crippen molar-refractivity contribution in [2.75, 3.05) is 30.0 Å². The molecule has 2 aliphatic rings. The third kappa shape index (κ3) is 4.84. The lowest BCUT2D eigenvalue weighted by atomic mass is 10.1. The van der Waals surface area contributed by atoms with Crippen molar-refractivity contribution in [3.05, 3.63) is 54.6 Å². The smallest absolute Gasteiger partial charge is 0.254 e. The van der Waals surface area contributed by atoms with Crippen LogP contribution in [-0.4, -0.2) is 95.2 Å². The molecule has 6 rings (SSSR count). The molecule has 2 fully saturated rings. The second-order valence-electron chi connectivity index (χ2n) is 9.49. The number of hydrogen-bond donors (Lipinski definition) is 4. The number of nitrogens with zero attached hydrogens (tertiary/aromatic N) is 7. The normalized spacial score (nSPS) is 24.8. The molecule has 0 bridgehead atoms. The number of hydrogen-bond acceptors (Lipinski definition) is 11. The van der Waals surface area contributed by atoms with Crippen LogP contribution >= 0.6 is 0 Å². The van der Waals surface area contributed by atoms with E-state index < -0.39 is 31.1 Å². The molecule has 4 aromatic rings. The molecule has 2 aliphatic heterocycles. The minimum atomic E-state index is -1.31. The van der Waals surface area contributed by atoms with E-state index in [4.69, 9.17) is 9.47 Å². The topological polar surface area (TPSA) is 173 Å². The molecule has 0 spiro atoms. The molecule has 14 heteroatoms. The first-order chi connectivity index (χ1) is 19.1. The Bertz CT molecular complexity index is 1440. The molecule has 4 N–H and O–H groups in total. The summed E-state index contributed by atoms with van der Waals surface area (Å²) in [4.78, 5) is 27.2. The van der Waals surface area contributed by atoms with Crippen LogP contribution in [0.5, 0.6) is 0 Å². The van der Waals surface area contributed by atoms with E-state index in [0.29, 0.717) is 42.4 Å². The molecule has 204 valence electrons. The highest BCUT2D eigenvalue weighted by molar-refractivity contribution is 5.84. The van der Waals surface area contributed by atoms with E-state index in [1.54, 1.807) is 12.4 Å². The highest BCUT2D eigenvalue weighted by atomic mass is 16.6. The number of benzene rings is 1. The Balaban J connectivity index is 1.38. The number of nitrogens with one attached hydrogen (secondary N) is 1. The zero-order chi connectivity index (χ0) is 26.9. The summed E-state index contributed by atoms with van der Waals surface area (Å²) in [5.74, 6) is 0.624. The van der Waals surface area contributed by atoms with Gasteiger partial charge in [-0.2, -0.15) is 15.1 Å². The standard InChI is InChI=1S/C25H28N8O6/c34-11-18-20(36)21(37)24(39-18)32-13-26-19-22(28-16-6-7-38-12-16)29-25(30-23(19)32)33-10-17(8-27-33)31(14-35)9-15-4-2-1-3-5-15/h1-5,8,10,13-14,16,18,20-21,24,34,36-37H,6-7,9,11-12H2,(H,28,29,30)/t16-,18-,20-,21-,24-/m1/s1. The number of carbonyl (C=O) groups is 1. The maximum Gasteiger partial charge on any atom is 0.254 e. The van der Waals surface area contributed by atoms with Crippen LogP contribution in [0.1, 0.15) is 18.2 Å². The van der Waals surface area contributed by atoms with Gasteiger partial charge >= 0.3 is 0 Å². The summed E-state index contributed by atoms with van der Waals surface area (Å²) in [5, 5.41) is 38.2. The molecule has 3 aromatic heterocycles. The lowest BCUT2D eigenvalue weighted by Gasteiger charge is -2.17. The first-order valence-electron chi connectivity index (χ1n) is 12.6. The van der Waals surface area contributed by atoms with Gasteiger partial charge in [0.15, 0.2) is 23.2 Å². The van der Waals surface area contributed by atoms with Crippen molar-refractivity contribution in [1.29, 1.82) is 0 Å². The van der Waals surface area contributed by atoms with Crippen LogP contribution < -0.4 is 10.2 Å². The summed E-state index contributed by atoms with van der Waals surface area (Å²) < 4.78 is 14.2. The predicted molar refractivity (Wildman–Crippen MR) is 137 cm³/mol. The third-order valence-electron chi connectivity index (χ3n) is 6.90. The molecule has 0 unspecified atom stereocenters. The number of rotatable bonds is 9. The van der Waals surface area contributed by atoms with Crippen LogP contribution in [0.2, 0.25) is 0 Å². The second-order valence-corrected chi connectivity index (χ2v) is 9.49. The molecule has 0 aliphatic carbocycles. The highest BCUT2D eigenvalue weighted by Crippen LogP contribution is 2.33. The maximum atomic E-state index is 11.9. The molecular formula is C25H28N8O6. The fourth-order valence-electron chi connectivity index (χ4n) is 4.79. The van der Waals surface area contributed by atoms with Crippen molar-refractivity contribution in [3.8, 4) is 5.95 Å². The van der Waals surface area contributed by atoms with Crippen molar-refractivity contribution in [3.63, 3.8) is 0 Å². The summed E-state index contributed by atoms with van der Waals surface area (Å²) in [6.45, 7) is 1.04. The van der Waals surface area contributed by atoms with Gasteiger partial charge in [-0.1, -0.05) is 30.3 Å². The number of aliphatic hydroxyl groups excluding tert-OH is 3. The van der Waals surface area contributed by atoms with Crippen molar-refractivity contribution in [1.82, 2.24) is 29.3 Å². The number of aliphatic hydroxyl groups is 3. The molecule has 0 saturated carbocycles. The number of amides is 1. The fraction of sp³-hybridized carbons (Fsp3) is 0.400. The quantitative estimate of drug-likeness (QED) is 0.212. The average Bonchev–Trinajstić information content (AvgIpc) is 3.76. The minimum absolute atomic E-state index is 0.0135. The van der Waals surface area contributed by atoms with Gasteiger partial charge in [0.1, 0.15) is 18.3 Å². The van der Waals surface area contributed by atoms with Gasteiger partial charge in [0.2, 0.25) is 6.41 Å². The number of ether oxygens (including phenoxy) is 2. The summed E-state index contributed by atoms with van der Waals surface area (Å²) in [6, 6.07) is 9.60.